The summed E-state index contributed by atoms with van der Waals surface area (Å²) >= 11 is 1.08. The van der Waals surface area contributed by atoms with Gasteiger partial charge in [0.2, 0.25) is 5.16 Å². The molecule has 0 amide bonds. The highest BCUT2D eigenvalue weighted by molar-refractivity contribution is 7.99. The average Bonchev–Trinajstić information content (AvgIpc) is 3.18. The molecule has 2 aromatic rings. The van der Waals surface area contributed by atoms with Crippen LogP contribution in [0.4, 0.5) is 13.2 Å². The zero-order chi connectivity index (χ0) is 15.0. The van der Waals surface area contributed by atoms with E-state index in [9.17, 15) is 13.2 Å². The lowest BCUT2D eigenvalue weighted by Crippen LogP contribution is -2.09. The second kappa shape index (κ2) is 5.30. The Hall–Kier alpha value is -1.61. The maximum Gasteiger partial charge on any atom is 0.416 e. The minimum absolute atomic E-state index is 0.145. The highest BCUT2D eigenvalue weighted by Gasteiger charge is 2.34. The van der Waals surface area contributed by atoms with Crippen LogP contribution in [-0.4, -0.2) is 25.3 Å². The van der Waals surface area contributed by atoms with Crippen molar-refractivity contribution in [3.8, 4) is 0 Å². The van der Waals surface area contributed by atoms with Gasteiger partial charge in [-0.1, -0.05) is 6.07 Å². The third-order valence-electron chi connectivity index (χ3n) is 3.12. The number of rotatable bonds is 4. The molecular formula is C12H11F3N4OS. The smallest absolute Gasteiger partial charge is 0.392 e. The monoisotopic (exact) mass is 316 g/mol. The molecule has 1 aliphatic rings. The number of alkyl halides is 3. The molecule has 0 unspecified atom stereocenters. The van der Waals surface area contributed by atoms with Gasteiger partial charge in [0.25, 0.3) is 0 Å². The van der Waals surface area contributed by atoms with E-state index in [0.717, 1.165) is 30.7 Å². The van der Waals surface area contributed by atoms with Crippen LogP contribution in [0.1, 0.15) is 30.0 Å². The fourth-order valence-electron chi connectivity index (χ4n) is 1.93. The number of tetrazole rings is 1. The normalized spacial score (nSPS) is 15.4. The lowest BCUT2D eigenvalue weighted by Gasteiger charge is -2.12. The van der Waals surface area contributed by atoms with Crippen molar-refractivity contribution in [2.75, 3.05) is 0 Å². The number of aliphatic hydroxyl groups excluding tert-OH is 1. The minimum atomic E-state index is -4.50. The van der Waals surface area contributed by atoms with Crippen LogP contribution in [0.5, 0.6) is 0 Å². The highest BCUT2D eigenvalue weighted by Crippen LogP contribution is 2.39. The van der Waals surface area contributed by atoms with Crippen LogP contribution in [0, 0.1) is 0 Å². The maximum absolute atomic E-state index is 12.9. The largest absolute Gasteiger partial charge is 0.416 e. The molecule has 1 aromatic carbocycles. The van der Waals surface area contributed by atoms with Gasteiger partial charge in [-0.05, 0) is 52.7 Å². The molecule has 0 bridgehead atoms. The predicted octanol–water partition coefficient (Wildman–Crippen LogP) is 2.67. The highest BCUT2D eigenvalue weighted by atomic mass is 32.2. The molecule has 1 N–H and O–H groups in total. The lowest BCUT2D eigenvalue weighted by molar-refractivity contribution is -0.138. The zero-order valence-electron chi connectivity index (χ0n) is 10.7. The third kappa shape index (κ3) is 3.03. The van der Waals surface area contributed by atoms with Gasteiger partial charge in [0, 0.05) is 4.90 Å². The Morgan fingerprint density at radius 3 is 2.71 bits per heavy atom. The molecule has 0 radical (unpaired) electrons. The number of nitrogens with zero attached hydrogens (tertiary/aromatic N) is 4. The number of hydrogen-bond acceptors (Lipinski definition) is 5. The van der Waals surface area contributed by atoms with Crippen LogP contribution in [0.15, 0.2) is 28.3 Å². The van der Waals surface area contributed by atoms with Crippen molar-refractivity contribution in [2.45, 2.75) is 41.7 Å². The molecule has 1 aliphatic carbocycles. The fourth-order valence-corrected chi connectivity index (χ4v) is 2.81. The zero-order valence-corrected chi connectivity index (χ0v) is 11.5. The van der Waals surface area contributed by atoms with Gasteiger partial charge < -0.3 is 5.11 Å². The minimum Gasteiger partial charge on any atom is -0.392 e. The molecule has 0 aliphatic heterocycles. The molecule has 1 saturated carbocycles. The van der Waals surface area contributed by atoms with E-state index < -0.39 is 18.3 Å². The average molecular weight is 316 g/mol. The molecule has 1 aromatic heterocycles. The molecule has 21 heavy (non-hydrogen) atoms. The fraction of sp³-hybridized carbons (Fsp3) is 0.417. The maximum atomic E-state index is 12.9. The van der Waals surface area contributed by atoms with Gasteiger partial charge in [0.15, 0.2) is 0 Å². The van der Waals surface area contributed by atoms with Gasteiger partial charge in [-0.3, -0.25) is 0 Å². The van der Waals surface area contributed by atoms with E-state index in [4.69, 9.17) is 5.11 Å². The number of hydrogen-bond donors (Lipinski definition) is 1. The van der Waals surface area contributed by atoms with Gasteiger partial charge in [-0.15, -0.1) is 5.10 Å². The van der Waals surface area contributed by atoms with E-state index >= 15 is 0 Å². The summed E-state index contributed by atoms with van der Waals surface area (Å²) < 4.78 is 40.5. The molecule has 1 heterocycles. The first kappa shape index (κ1) is 14.3. The summed E-state index contributed by atoms with van der Waals surface area (Å²) in [6.07, 6.45) is -2.54. The van der Waals surface area contributed by atoms with E-state index in [1.165, 1.54) is 12.1 Å². The Kier molecular flexibility index (Phi) is 3.62. The van der Waals surface area contributed by atoms with E-state index in [0.29, 0.717) is 10.1 Å². The number of aliphatic hydroxyl groups is 1. The van der Waals surface area contributed by atoms with Crippen LogP contribution in [-0.2, 0) is 12.8 Å². The molecule has 0 spiro atoms. The van der Waals surface area contributed by atoms with E-state index in [1.807, 2.05) is 0 Å². The van der Waals surface area contributed by atoms with Crippen LogP contribution in [0.25, 0.3) is 0 Å². The first-order valence-corrected chi connectivity index (χ1v) is 7.07. The van der Waals surface area contributed by atoms with Gasteiger partial charge in [0.05, 0.1) is 18.2 Å². The Morgan fingerprint density at radius 1 is 1.33 bits per heavy atom. The molecule has 0 saturated heterocycles. The lowest BCUT2D eigenvalue weighted by atomic mass is 10.1. The van der Waals surface area contributed by atoms with E-state index in [2.05, 4.69) is 15.5 Å². The standard InChI is InChI=1S/C12H11F3N4OS/c13-12(14,15)10-5-9(4-1-7(10)6-20)21-11-16-17-18-19(11)8-2-3-8/h1,4-5,8,20H,2-3,6H2. The summed E-state index contributed by atoms with van der Waals surface area (Å²) in [4.78, 5) is 0.385. The second-order valence-corrected chi connectivity index (χ2v) is 5.75. The van der Waals surface area contributed by atoms with Crippen LogP contribution < -0.4 is 0 Å². The molecule has 5 nitrogen and oxygen atoms in total. The Balaban J connectivity index is 1.90. The molecule has 3 rings (SSSR count). The Bertz CT molecular complexity index is 654. The van der Waals surface area contributed by atoms with Gasteiger partial charge in [-0.25, -0.2) is 4.68 Å². The SMILES string of the molecule is OCc1ccc(Sc2nnnn2C2CC2)cc1C(F)(F)F. The van der Waals surface area contributed by atoms with Crippen molar-refractivity contribution in [1.82, 2.24) is 20.2 Å². The molecule has 112 valence electrons. The van der Waals surface area contributed by atoms with Crippen molar-refractivity contribution < 1.29 is 18.3 Å². The van der Waals surface area contributed by atoms with Crippen LogP contribution in [0.3, 0.4) is 0 Å². The molecule has 0 atom stereocenters. The quantitative estimate of drug-likeness (QED) is 0.939. The number of halogens is 3. The Morgan fingerprint density at radius 2 is 2.10 bits per heavy atom. The Labute approximate surface area is 122 Å². The van der Waals surface area contributed by atoms with E-state index in [-0.39, 0.29) is 11.6 Å². The van der Waals surface area contributed by atoms with Crippen molar-refractivity contribution in [3.63, 3.8) is 0 Å². The van der Waals surface area contributed by atoms with Crippen LogP contribution >= 0.6 is 11.8 Å². The van der Waals surface area contributed by atoms with Crippen molar-refractivity contribution in [3.05, 3.63) is 29.3 Å². The predicted molar refractivity (Wildman–Crippen MR) is 67.6 cm³/mol. The van der Waals surface area contributed by atoms with Crippen LogP contribution in [0.2, 0.25) is 0 Å². The van der Waals surface area contributed by atoms with Gasteiger partial charge in [0.1, 0.15) is 0 Å². The molecule has 1 fully saturated rings. The molecular weight excluding hydrogens is 305 g/mol. The van der Waals surface area contributed by atoms with Gasteiger partial charge in [-0.2, -0.15) is 13.2 Å². The van der Waals surface area contributed by atoms with E-state index in [1.54, 1.807) is 4.68 Å². The third-order valence-corrected chi connectivity index (χ3v) is 4.06. The summed E-state index contributed by atoms with van der Waals surface area (Å²) in [7, 11) is 0. The first-order chi connectivity index (χ1) is 9.99. The van der Waals surface area contributed by atoms with Gasteiger partial charge >= 0.3 is 6.18 Å². The second-order valence-electron chi connectivity index (χ2n) is 4.71. The summed E-state index contributed by atoms with van der Waals surface area (Å²) in [6, 6.07) is 4.07. The summed E-state index contributed by atoms with van der Waals surface area (Å²) in [5.74, 6) is 0. The topological polar surface area (TPSA) is 63.8 Å². The molecule has 9 heteroatoms. The van der Waals surface area contributed by atoms with Crippen molar-refractivity contribution in [1.29, 1.82) is 0 Å². The summed E-state index contributed by atoms with van der Waals surface area (Å²) in [6.45, 7) is -0.653. The van der Waals surface area contributed by atoms with Crippen molar-refractivity contribution in [2.24, 2.45) is 0 Å². The number of aromatic nitrogens is 4. The summed E-state index contributed by atoms with van der Waals surface area (Å²) in [5.41, 5.74) is -0.978. The van der Waals surface area contributed by atoms with Crippen molar-refractivity contribution >= 4 is 11.8 Å². The summed E-state index contributed by atoms with van der Waals surface area (Å²) in [5, 5.41) is 20.7. The number of benzene rings is 1. The first-order valence-electron chi connectivity index (χ1n) is 6.25.